The highest BCUT2D eigenvalue weighted by molar-refractivity contribution is 14.1. The number of piperidine rings is 1. The second-order valence-corrected chi connectivity index (χ2v) is 4.99. The van der Waals surface area contributed by atoms with Crippen LogP contribution in [0.15, 0.2) is 11.2 Å². The minimum atomic E-state index is 0.828. The Labute approximate surface area is 103 Å². The van der Waals surface area contributed by atoms with Crippen LogP contribution < -0.4 is 13.7 Å². The summed E-state index contributed by atoms with van der Waals surface area (Å²) in [5.74, 6) is 0.828. The monoisotopic (exact) mass is 326 g/mol. The van der Waals surface area contributed by atoms with E-state index in [1.165, 1.54) is 31.0 Å². The zero-order chi connectivity index (χ0) is 9.80. The topological polar surface area (TPSA) is 39.3 Å². The maximum atomic E-state index is 3.39. The molecule has 2 aliphatic heterocycles. The van der Waals surface area contributed by atoms with Crippen molar-refractivity contribution in [2.45, 2.75) is 12.8 Å². The Kier molecular flexibility index (Phi) is 4.21. The molecule has 14 heavy (non-hydrogen) atoms. The molecule has 0 bridgehead atoms. The predicted octanol–water partition coefficient (Wildman–Crippen LogP) is 1.19. The van der Waals surface area contributed by atoms with Crippen LogP contribution in [0.25, 0.3) is 0 Å². The maximum absolute atomic E-state index is 3.39. The van der Waals surface area contributed by atoms with Gasteiger partial charge in [0.2, 0.25) is 0 Å². The van der Waals surface area contributed by atoms with E-state index in [4.69, 9.17) is 0 Å². The van der Waals surface area contributed by atoms with E-state index >= 15 is 0 Å². The fourth-order valence-electron chi connectivity index (χ4n) is 1.78. The lowest BCUT2D eigenvalue weighted by molar-refractivity contribution is 0.252. The van der Waals surface area contributed by atoms with Crippen LogP contribution >= 0.6 is 34.8 Å². The standard InChI is InChI=1S/C8H15IN4S/c9-11-8-6-13(12-14-8)5-7-1-3-10-4-2-7/h6-7,10-12H,1-5H2. The first-order valence-electron chi connectivity index (χ1n) is 4.87. The highest BCUT2D eigenvalue weighted by Gasteiger charge is 2.18. The molecule has 0 spiro atoms. The van der Waals surface area contributed by atoms with E-state index in [-0.39, 0.29) is 0 Å². The summed E-state index contributed by atoms with van der Waals surface area (Å²) >= 11 is 3.80. The zero-order valence-electron chi connectivity index (χ0n) is 7.92. The Hall–Kier alpha value is 0.340. The average Bonchev–Trinajstić information content (AvgIpc) is 2.67. The van der Waals surface area contributed by atoms with Crippen LogP contribution in [0.4, 0.5) is 0 Å². The number of hydrazine groups is 1. The van der Waals surface area contributed by atoms with Gasteiger partial charge < -0.3 is 13.9 Å². The third-order valence-corrected chi connectivity index (χ3v) is 4.25. The molecule has 0 saturated carbocycles. The Morgan fingerprint density at radius 1 is 1.57 bits per heavy atom. The van der Waals surface area contributed by atoms with Crippen molar-refractivity contribution in [3.63, 3.8) is 0 Å². The number of nitrogens with one attached hydrogen (secondary N) is 3. The summed E-state index contributed by atoms with van der Waals surface area (Å²) in [6.07, 6.45) is 4.73. The summed E-state index contributed by atoms with van der Waals surface area (Å²) in [7, 11) is 0. The van der Waals surface area contributed by atoms with E-state index in [0.717, 1.165) is 12.5 Å². The van der Waals surface area contributed by atoms with Gasteiger partial charge in [-0.3, -0.25) is 0 Å². The molecule has 4 nitrogen and oxygen atoms in total. The second-order valence-electron chi connectivity index (χ2n) is 3.63. The van der Waals surface area contributed by atoms with Gasteiger partial charge in [0.1, 0.15) is 5.03 Å². The van der Waals surface area contributed by atoms with E-state index in [2.05, 4.69) is 47.8 Å². The lowest BCUT2D eigenvalue weighted by atomic mass is 9.98. The quantitative estimate of drug-likeness (QED) is 0.413. The summed E-state index contributed by atoms with van der Waals surface area (Å²) in [5.41, 5.74) is 0. The average molecular weight is 326 g/mol. The molecule has 0 amide bonds. The van der Waals surface area contributed by atoms with E-state index in [0.29, 0.717) is 0 Å². The van der Waals surface area contributed by atoms with Crippen LogP contribution in [-0.2, 0) is 0 Å². The van der Waals surface area contributed by atoms with Crippen LogP contribution in [0.2, 0.25) is 0 Å². The van der Waals surface area contributed by atoms with E-state index < -0.39 is 0 Å². The molecule has 0 unspecified atom stereocenters. The first kappa shape index (κ1) is 10.8. The summed E-state index contributed by atoms with van der Waals surface area (Å²) in [6.45, 7) is 3.47. The smallest absolute Gasteiger partial charge is 0.111 e. The molecule has 0 radical (unpaired) electrons. The third kappa shape index (κ3) is 2.91. The van der Waals surface area contributed by atoms with Gasteiger partial charge in [0.15, 0.2) is 0 Å². The highest BCUT2D eigenvalue weighted by Crippen LogP contribution is 2.21. The summed E-state index contributed by atoms with van der Waals surface area (Å²) in [5, 5.41) is 6.75. The van der Waals surface area contributed by atoms with Gasteiger partial charge in [-0.1, -0.05) is 0 Å². The highest BCUT2D eigenvalue weighted by atomic mass is 127. The van der Waals surface area contributed by atoms with E-state index in [9.17, 15) is 0 Å². The normalized spacial score (nSPS) is 23.8. The summed E-state index contributed by atoms with van der Waals surface area (Å²) in [6, 6.07) is 0. The van der Waals surface area contributed by atoms with Gasteiger partial charge in [-0.15, -0.1) is 0 Å². The van der Waals surface area contributed by atoms with E-state index in [1.807, 2.05) is 0 Å². The van der Waals surface area contributed by atoms with Gasteiger partial charge in [0.25, 0.3) is 0 Å². The SMILES string of the molecule is INC1=CN(CC2CCNCC2)NS1. The van der Waals surface area contributed by atoms with Crippen molar-refractivity contribution >= 4 is 34.8 Å². The molecule has 0 aromatic rings. The second kappa shape index (κ2) is 5.43. The van der Waals surface area contributed by atoms with Gasteiger partial charge in [0, 0.05) is 12.7 Å². The molecular formula is C8H15IN4S. The largest absolute Gasteiger partial charge is 0.321 e. The first-order chi connectivity index (χ1) is 6.88. The number of hydrogen-bond acceptors (Lipinski definition) is 5. The lowest BCUT2D eigenvalue weighted by Gasteiger charge is -2.26. The maximum Gasteiger partial charge on any atom is 0.111 e. The van der Waals surface area contributed by atoms with Gasteiger partial charge in [-0.05, 0) is 43.8 Å². The molecule has 0 atom stereocenters. The van der Waals surface area contributed by atoms with Crippen LogP contribution in [0.5, 0.6) is 0 Å². The molecule has 0 aromatic carbocycles. The Morgan fingerprint density at radius 2 is 2.36 bits per heavy atom. The van der Waals surface area contributed by atoms with Crippen molar-refractivity contribution in [1.82, 2.24) is 18.7 Å². The van der Waals surface area contributed by atoms with E-state index in [1.54, 1.807) is 11.9 Å². The molecule has 2 rings (SSSR count). The number of nitrogens with zero attached hydrogens (tertiary/aromatic N) is 1. The minimum Gasteiger partial charge on any atom is -0.321 e. The first-order valence-corrected chi connectivity index (χ1v) is 6.76. The fourth-order valence-corrected chi connectivity index (χ4v) is 2.81. The van der Waals surface area contributed by atoms with Crippen LogP contribution in [-0.4, -0.2) is 24.6 Å². The van der Waals surface area contributed by atoms with Crippen molar-refractivity contribution in [2.24, 2.45) is 5.92 Å². The van der Waals surface area contributed by atoms with Crippen LogP contribution in [0.3, 0.4) is 0 Å². The molecule has 0 aliphatic carbocycles. The molecule has 1 saturated heterocycles. The summed E-state index contributed by atoms with van der Waals surface area (Å²) < 4.78 is 3.11. The molecule has 80 valence electrons. The number of rotatable bonds is 3. The lowest BCUT2D eigenvalue weighted by Crippen LogP contribution is -2.36. The Morgan fingerprint density at radius 3 is 3.00 bits per heavy atom. The third-order valence-electron chi connectivity index (χ3n) is 2.55. The van der Waals surface area contributed by atoms with Crippen molar-refractivity contribution in [3.8, 4) is 0 Å². The summed E-state index contributed by atoms with van der Waals surface area (Å²) in [4.78, 5) is 3.27. The fraction of sp³-hybridized carbons (Fsp3) is 0.750. The van der Waals surface area contributed by atoms with Crippen molar-refractivity contribution in [3.05, 3.63) is 11.2 Å². The van der Waals surface area contributed by atoms with Crippen molar-refractivity contribution in [1.29, 1.82) is 0 Å². The molecule has 1 fully saturated rings. The van der Waals surface area contributed by atoms with Gasteiger partial charge in [0.05, 0.1) is 22.9 Å². The molecule has 6 heteroatoms. The molecular weight excluding hydrogens is 311 g/mol. The van der Waals surface area contributed by atoms with Gasteiger partial charge >= 0.3 is 0 Å². The molecule has 2 heterocycles. The molecule has 2 aliphatic rings. The zero-order valence-corrected chi connectivity index (χ0v) is 10.9. The Bertz CT molecular complexity index is 217. The van der Waals surface area contributed by atoms with Crippen molar-refractivity contribution in [2.75, 3.05) is 19.6 Å². The number of hydrogen-bond donors (Lipinski definition) is 3. The molecule has 0 aromatic heterocycles. The van der Waals surface area contributed by atoms with Gasteiger partial charge in [-0.25, -0.2) is 0 Å². The van der Waals surface area contributed by atoms with Crippen LogP contribution in [0.1, 0.15) is 12.8 Å². The van der Waals surface area contributed by atoms with Gasteiger partial charge in [-0.2, -0.15) is 4.83 Å². The molecule has 3 N–H and O–H groups in total. The minimum absolute atomic E-state index is 0.828. The van der Waals surface area contributed by atoms with Crippen LogP contribution in [0, 0.1) is 5.92 Å². The predicted molar refractivity (Wildman–Crippen MR) is 68.3 cm³/mol. The number of halogens is 1. The Balaban J connectivity index is 1.77. The van der Waals surface area contributed by atoms with Crippen molar-refractivity contribution < 1.29 is 0 Å².